The van der Waals surface area contributed by atoms with E-state index in [9.17, 15) is 15.0 Å². The first-order chi connectivity index (χ1) is 8.06. The molecule has 0 aliphatic heterocycles. The van der Waals surface area contributed by atoms with Crippen molar-refractivity contribution in [2.24, 2.45) is 5.92 Å². The molecule has 0 aliphatic rings. The maximum Gasteiger partial charge on any atom is 0.258 e. The molecule has 1 rings (SSSR count). The number of rotatable bonds is 5. The number of amides is 1. The third kappa shape index (κ3) is 3.82. The van der Waals surface area contributed by atoms with Crippen LogP contribution in [0, 0.1) is 5.92 Å². The van der Waals surface area contributed by atoms with Gasteiger partial charge in [0.05, 0.1) is 0 Å². The van der Waals surface area contributed by atoms with E-state index < -0.39 is 5.91 Å². The summed E-state index contributed by atoms with van der Waals surface area (Å²) in [6.45, 7) is 2.42. The van der Waals surface area contributed by atoms with Crippen LogP contribution in [-0.4, -0.2) is 28.5 Å². The fraction of sp³-hybridized carbons (Fsp3) is 0.417. The lowest BCUT2D eigenvalue weighted by Gasteiger charge is -2.12. The predicted molar refractivity (Wildman–Crippen MR) is 66.6 cm³/mol. The lowest BCUT2D eigenvalue weighted by molar-refractivity contribution is 0.0942. The van der Waals surface area contributed by atoms with Gasteiger partial charge in [-0.2, -0.15) is 0 Å². The van der Waals surface area contributed by atoms with Gasteiger partial charge < -0.3 is 15.5 Å². The van der Waals surface area contributed by atoms with E-state index in [0.717, 1.165) is 6.42 Å². The monoisotopic (exact) mass is 257 g/mol. The van der Waals surface area contributed by atoms with Gasteiger partial charge in [-0.25, -0.2) is 0 Å². The number of halogens is 1. The highest BCUT2D eigenvalue weighted by Crippen LogP contribution is 2.25. The molecule has 1 aromatic rings. The van der Waals surface area contributed by atoms with Crippen molar-refractivity contribution in [2.75, 3.05) is 12.4 Å². The SMILES string of the molecule is CC(CCCl)CNC(=O)c1c(O)cccc1O. The molecule has 0 spiro atoms. The van der Waals surface area contributed by atoms with E-state index in [1.807, 2.05) is 6.92 Å². The first-order valence-electron chi connectivity index (χ1n) is 5.41. The van der Waals surface area contributed by atoms with E-state index in [1.165, 1.54) is 18.2 Å². The van der Waals surface area contributed by atoms with Crippen molar-refractivity contribution in [1.82, 2.24) is 5.32 Å². The summed E-state index contributed by atoms with van der Waals surface area (Å²) < 4.78 is 0. The van der Waals surface area contributed by atoms with E-state index in [2.05, 4.69) is 5.32 Å². The van der Waals surface area contributed by atoms with Crippen LogP contribution in [0.25, 0.3) is 0 Å². The number of hydrogen-bond donors (Lipinski definition) is 3. The molecular formula is C12H16ClNO3. The molecule has 0 aromatic heterocycles. The minimum Gasteiger partial charge on any atom is -0.507 e. The van der Waals surface area contributed by atoms with Gasteiger partial charge in [-0.1, -0.05) is 13.0 Å². The number of nitrogens with one attached hydrogen (secondary N) is 1. The average Bonchev–Trinajstić information content (AvgIpc) is 2.26. The number of hydrogen-bond acceptors (Lipinski definition) is 3. The van der Waals surface area contributed by atoms with Gasteiger partial charge in [-0.3, -0.25) is 4.79 Å². The largest absolute Gasteiger partial charge is 0.507 e. The molecule has 1 amide bonds. The number of benzene rings is 1. The highest BCUT2D eigenvalue weighted by atomic mass is 35.5. The molecule has 0 bridgehead atoms. The van der Waals surface area contributed by atoms with Gasteiger partial charge in [-0.05, 0) is 24.5 Å². The summed E-state index contributed by atoms with van der Waals surface area (Å²) in [5.74, 6) is -0.148. The Morgan fingerprint density at radius 3 is 2.53 bits per heavy atom. The Morgan fingerprint density at radius 2 is 2.00 bits per heavy atom. The number of phenols is 2. The Morgan fingerprint density at radius 1 is 1.41 bits per heavy atom. The number of alkyl halides is 1. The Kier molecular flexibility index (Phi) is 5.10. The van der Waals surface area contributed by atoms with Crippen LogP contribution in [0.15, 0.2) is 18.2 Å². The summed E-state index contributed by atoms with van der Waals surface area (Å²) in [5, 5.41) is 21.6. The molecule has 1 atom stereocenters. The summed E-state index contributed by atoms with van der Waals surface area (Å²) >= 11 is 5.59. The fourth-order valence-corrected chi connectivity index (χ4v) is 1.78. The van der Waals surface area contributed by atoms with E-state index in [0.29, 0.717) is 12.4 Å². The van der Waals surface area contributed by atoms with Gasteiger partial charge in [0.25, 0.3) is 5.91 Å². The molecule has 4 nitrogen and oxygen atoms in total. The van der Waals surface area contributed by atoms with Crippen LogP contribution in [-0.2, 0) is 0 Å². The van der Waals surface area contributed by atoms with Crippen LogP contribution in [0.3, 0.4) is 0 Å². The maximum atomic E-state index is 11.7. The molecular weight excluding hydrogens is 242 g/mol. The van der Waals surface area contributed by atoms with E-state index in [1.54, 1.807) is 0 Å². The third-order valence-corrected chi connectivity index (χ3v) is 2.68. The minimum atomic E-state index is -0.484. The quantitative estimate of drug-likeness (QED) is 0.708. The minimum absolute atomic E-state index is 0.0921. The average molecular weight is 258 g/mol. The van der Waals surface area contributed by atoms with Crippen LogP contribution in [0.5, 0.6) is 11.5 Å². The number of carbonyl (C=O) groups is 1. The van der Waals surface area contributed by atoms with Crippen molar-refractivity contribution < 1.29 is 15.0 Å². The van der Waals surface area contributed by atoms with Gasteiger partial charge in [0.1, 0.15) is 17.1 Å². The van der Waals surface area contributed by atoms with Crippen molar-refractivity contribution >= 4 is 17.5 Å². The molecule has 5 heteroatoms. The number of aromatic hydroxyl groups is 2. The summed E-state index contributed by atoms with van der Waals surface area (Å²) in [6.07, 6.45) is 0.800. The third-order valence-electron chi connectivity index (χ3n) is 2.46. The molecule has 0 heterocycles. The number of carbonyl (C=O) groups excluding carboxylic acids is 1. The van der Waals surface area contributed by atoms with Crippen LogP contribution in [0.2, 0.25) is 0 Å². The predicted octanol–water partition coefficient (Wildman–Crippen LogP) is 2.09. The van der Waals surface area contributed by atoms with Crippen LogP contribution >= 0.6 is 11.6 Å². The van der Waals surface area contributed by atoms with Crippen molar-refractivity contribution in [2.45, 2.75) is 13.3 Å². The normalized spacial score (nSPS) is 12.1. The van der Waals surface area contributed by atoms with Gasteiger partial charge in [-0.15, -0.1) is 11.6 Å². The smallest absolute Gasteiger partial charge is 0.258 e. The summed E-state index contributed by atoms with van der Waals surface area (Å²) in [5.41, 5.74) is -0.0921. The first kappa shape index (κ1) is 13.6. The van der Waals surface area contributed by atoms with Crippen molar-refractivity contribution in [3.05, 3.63) is 23.8 Å². The summed E-state index contributed by atoms with van der Waals surface area (Å²) in [7, 11) is 0. The first-order valence-corrected chi connectivity index (χ1v) is 5.94. The Balaban J connectivity index is 2.64. The summed E-state index contributed by atoms with van der Waals surface area (Å²) in [4.78, 5) is 11.7. The van der Waals surface area contributed by atoms with Crippen LogP contribution < -0.4 is 5.32 Å². The second kappa shape index (κ2) is 6.35. The van der Waals surface area contributed by atoms with Crippen LogP contribution in [0.4, 0.5) is 0 Å². The molecule has 3 N–H and O–H groups in total. The molecule has 1 unspecified atom stereocenters. The van der Waals surface area contributed by atoms with Gasteiger partial charge in [0.15, 0.2) is 0 Å². The molecule has 0 saturated heterocycles. The van der Waals surface area contributed by atoms with Gasteiger partial charge in [0, 0.05) is 12.4 Å². The Hall–Kier alpha value is -1.42. The van der Waals surface area contributed by atoms with Gasteiger partial charge >= 0.3 is 0 Å². The van der Waals surface area contributed by atoms with Crippen LogP contribution in [0.1, 0.15) is 23.7 Å². The van der Waals surface area contributed by atoms with Gasteiger partial charge in [0.2, 0.25) is 0 Å². The summed E-state index contributed by atoms with van der Waals surface area (Å²) in [6, 6.07) is 4.19. The van der Waals surface area contributed by atoms with E-state index >= 15 is 0 Å². The molecule has 0 fully saturated rings. The lowest BCUT2D eigenvalue weighted by atomic mass is 10.1. The molecule has 17 heavy (non-hydrogen) atoms. The molecule has 94 valence electrons. The second-order valence-corrected chi connectivity index (χ2v) is 4.34. The molecule has 0 saturated carbocycles. The number of phenolic OH excluding ortho intramolecular Hbond substituents is 2. The zero-order valence-corrected chi connectivity index (χ0v) is 10.4. The van der Waals surface area contributed by atoms with E-state index in [-0.39, 0.29) is 23.0 Å². The van der Waals surface area contributed by atoms with Crippen molar-refractivity contribution in [3.8, 4) is 11.5 Å². The lowest BCUT2D eigenvalue weighted by Crippen LogP contribution is -2.28. The van der Waals surface area contributed by atoms with Crippen molar-refractivity contribution in [3.63, 3.8) is 0 Å². The fourth-order valence-electron chi connectivity index (χ4n) is 1.40. The zero-order valence-electron chi connectivity index (χ0n) is 9.61. The Labute approximate surface area is 105 Å². The maximum absolute atomic E-state index is 11.7. The Bertz CT molecular complexity index is 375. The highest BCUT2D eigenvalue weighted by Gasteiger charge is 2.16. The molecule has 0 aliphatic carbocycles. The van der Waals surface area contributed by atoms with E-state index in [4.69, 9.17) is 11.6 Å². The highest BCUT2D eigenvalue weighted by molar-refractivity contribution is 6.17. The zero-order chi connectivity index (χ0) is 12.8. The molecule has 1 aromatic carbocycles. The standard InChI is InChI=1S/C12H16ClNO3/c1-8(5-6-13)7-14-12(17)11-9(15)3-2-4-10(11)16/h2-4,8,15-16H,5-7H2,1H3,(H,14,17). The second-order valence-electron chi connectivity index (χ2n) is 3.96. The topological polar surface area (TPSA) is 69.6 Å². The van der Waals surface area contributed by atoms with Crippen molar-refractivity contribution in [1.29, 1.82) is 0 Å². The molecule has 0 radical (unpaired) electrons.